The van der Waals surface area contributed by atoms with Crippen molar-refractivity contribution in [3.63, 3.8) is 0 Å². The highest BCUT2D eigenvalue weighted by atomic mass is 16.5. The van der Waals surface area contributed by atoms with Crippen LogP contribution in [0.5, 0.6) is 0 Å². The number of esters is 1. The minimum atomic E-state index is -0.0727. The van der Waals surface area contributed by atoms with Gasteiger partial charge in [-0.25, -0.2) is 0 Å². The molecule has 13 heavy (non-hydrogen) atoms. The van der Waals surface area contributed by atoms with Gasteiger partial charge in [-0.2, -0.15) is 0 Å². The molecule has 0 rings (SSSR count). The van der Waals surface area contributed by atoms with Crippen LogP contribution in [0.2, 0.25) is 0 Å². The van der Waals surface area contributed by atoms with E-state index in [-0.39, 0.29) is 11.4 Å². The van der Waals surface area contributed by atoms with E-state index in [4.69, 9.17) is 4.74 Å². The summed E-state index contributed by atoms with van der Waals surface area (Å²) in [5.74, 6) is 0.313. The Morgan fingerprint density at radius 3 is 2.31 bits per heavy atom. The Bertz CT molecular complexity index is 161. The van der Waals surface area contributed by atoms with Crippen molar-refractivity contribution in [2.45, 2.75) is 47.5 Å². The molecule has 0 aliphatic carbocycles. The monoisotopic (exact) mass is 186 g/mol. The van der Waals surface area contributed by atoms with Crippen LogP contribution in [0.25, 0.3) is 0 Å². The molecule has 0 N–H and O–H groups in total. The van der Waals surface area contributed by atoms with Crippen LogP contribution in [0.1, 0.15) is 47.5 Å². The summed E-state index contributed by atoms with van der Waals surface area (Å²) in [4.78, 5) is 11.2. The molecule has 0 aliphatic rings. The van der Waals surface area contributed by atoms with Gasteiger partial charge in [0.15, 0.2) is 0 Å². The van der Waals surface area contributed by atoms with Crippen LogP contribution in [0.15, 0.2) is 0 Å². The summed E-state index contributed by atoms with van der Waals surface area (Å²) >= 11 is 0. The van der Waals surface area contributed by atoms with Gasteiger partial charge in [-0.1, -0.05) is 34.1 Å². The number of carbonyl (C=O) groups excluding carboxylic acids is 1. The van der Waals surface area contributed by atoms with Crippen LogP contribution in [0, 0.1) is 11.3 Å². The highest BCUT2D eigenvalue weighted by molar-refractivity contribution is 5.69. The molecule has 0 saturated carbocycles. The third-order valence-corrected chi connectivity index (χ3v) is 3.02. The molecule has 0 amide bonds. The second-order valence-electron chi connectivity index (χ2n) is 4.25. The van der Waals surface area contributed by atoms with Gasteiger partial charge in [0.05, 0.1) is 6.61 Å². The summed E-state index contributed by atoms with van der Waals surface area (Å²) in [6.07, 6.45) is 1.63. The lowest BCUT2D eigenvalue weighted by atomic mass is 9.76. The molecular formula is C11H22O2. The van der Waals surface area contributed by atoms with Gasteiger partial charge in [-0.05, 0) is 18.3 Å². The third-order valence-electron chi connectivity index (χ3n) is 3.02. The van der Waals surface area contributed by atoms with Crippen molar-refractivity contribution in [3.05, 3.63) is 0 Å². The van der Waals surface area contributed by atoms with E-state index in [1.165, 1.54) is 0 Å². The van der Waals surface area contributed by atoms with Crippen molar-refractivity contribution >= 4 is 5.97 Å². The number of carbonyl (C=O) groups is 1. The van der Waals surface area contributed by atoms with Gasteiger partial charge in [0, 0.05) is 6.42 Å². The zero-order chi connectivity index (χ0) is 10.5. The lowest BCUT2D eigenvalue weighted by Crippen LogP contribution is -2.24. The Morgan fingerprint density at radius 1 is 1.38 bits per heavy atom. The first-order valence-electron chi connectivity index (χ1n) is 5.09. The Kier molecular flexibility index (Phi) is 5.04. The van der Waals surface area contributed by atoms with Crippen molar-refractivity contribution in [2.24, 2.45) is 11.3 Å². The summed E-state index contributed by atoms with van der Waals surface area (Å²) in [6, 6.07) is 0. The average molecular weight is 186 g/mol. The molecule has 1 atom stereocenters. The van der Waals surface area contributed by atoms with Gasteiger partial charge >= 0.3 is 5.97 Å². The fourth-order valence-electron chi connectivity index (χ4n) is 1.09. The molecular weight excluding hydrogens is 164 g/mol. The number of rotatable bonds is 5. The first-order chi connectivity index (χ1) is 5.94. The van der Waals surface area contributed by atoms with Gasteiger partial charge in [-0.3, -0.25) is 4.79 Å². The van der Waals surface area contributed by atoms with E-state index in [0.717, 1.165) is 6.42 Å². The average Bonchev–Trinajstić information content (AvgIpc) is 2.04. The smallest absolute Gasteiger partial charge is 0.306 e. The molecule has 0 fully saturated rings. The van der Waals surface area contributed by atoms with Crippen molar-refractivity contribution in [1.82, 2.24) is 0 Å². The SMILES string of the molecule is CCOC(=O)CC(C)C(C)(C)CC. The highest BCUT2D eigenvalue weighted by Gasteiger charge is 2.25. The number of ether oxygens (including phenoxy) is 1. The van der Waals surface area contributed by atoms with Crippen molar-refractivity contribution in [3.8, 4) is 0 Å². The van der Waals surface area contributed by atoms with E-state index in [2.05, 4.69) is 27.7 Å². The van der Waals surface area contributed by atoms with Crippen LogP contribution in [0.3, 0.4) is 0 Å². The Hall–Kier alpha value is -0.530. The maximum absolute atomic E-state index is 11.2. The predicted octanol–water partition coefficient (Wildman–Crippen LogP) is 3.01. The topological polar surface area (TPSA) is 26.3 Å². The molecule has 0 spiro atoms. The van der Waals surface area contributed by atoms with Crippen molar-refractivity contribution in [1.29, 1.82) is 0 Å². The second kappa shape index (κ2) is 5.25. The van der Waals surface area contributed by atoms with Crippen LogP contribution in [-0.4, -0.2) is 12.6 Å². The first kappa shape index (κ1) is 12.5. The van der Waals surface area contributed by atoms with Gasteiger partial charge in [0.1, 0.15) is 0 Å². The van der Waals surface area contributed by atoms with E-state index in [1.807, 2.05) is 6.92 Å². The van der Waals surface area contributed by atoms with Gasteiger partial charge < -0.3 is 4.74 Å². The molecule has 2 heteroatoms. The van der Waals surface area contributed by atoms with Gasteiger partial charge in [0.2, 0.25) is 0 Å². The van der Waals surface area contributed by atoms with Crippen LogP contribution in [0.4, 0.5) is 0 Å². The lowest BCUT2D eigenvalue weighted by Gasteiger charge is -2.29. The molecule has 0 saturated heterocycles. The van der Waals surface area contributed by atoms with Crippen LogP contribution < -0.4 is 0 Å². The molecule has 0 aromatic heterocycles. The third kappa shape index (κ3) is 4.30. The molecule has 78 valence electrons. The number of hydrogen-bond donors (Lipinski definition) is 0. The summed E-state index contributed by atoms with van der Waals surface area (Å²) < 4.78 is 4.91. The molecule has 0 bridgehead atoms. The zero-order valence-corrected chi connectivity index (χ0v) is 9.52. The fraction of sp³-hybridized carbons (Fsp3) is 0.909. The summed E-state index contributed by atoms with van der Waals surface area (Å²) in [6.45, 7) is 11.0. The van der Waals surface area contributed by atoms with E-state index in [0.29, 0.717) is 18.9 Å². The molecule has 2 nitrogen and oxygen atoms in total. The largest absolute Gasteiger partial charge is 0.466 e. The van der Waals surface area contributed by atoms with E-state index in [9.17, 15) is 4.79 Å². The molecule has 1 unspecified atom stereocenters. The maximum atomic E-state index is 11.2. The van der Waals surface area contributed by atoms with Crippen LogP contribution >= 0.6 is 0 Å². The zero-order valence-electron chi connectivity index (χ0n) is 9.52. The predicted molar refractivity (Wildman–Crippen MR) is 54.5 cm³/mol. The molecule has 0 radical (unpaired) electrons. The maximum Gasteiger partial charge on any atom is 0.306 e. The summed E-state index contributed by atoms with van der Waals surface area (Å²) in [5.41, 5.74) is 0.229. The Labute approximate surface area is 81.7 Å². The first-order valence-corrected chi connectivity index (χ1v) is 5.09. The van der Waals surface area contributed by atoms with Crippen molar-refractivity contribution < 1.29 is 9.53 Å². The van der Waals surface area contributed by atoms with E-state index in [1.54, 1.807) is 0 Å². The summed E-state index contributed by atoms with van der Waals surface area (Å²) in [5, 5.41) is 0. The fourth-order valence-corrected chi connectivity index (χ4v) is 1.09. The second-order valence-corrected chi connectivity index (χ2v) is 4.25. The molecule has 0 aliphatic heterocycles. The lowest BCUT2D eigenvalue weighted by molar-refractivity contribution is -0.145. The Morgan fingerprint density at radius 2 is 1.92 bits per heavy atom. The molecule has 0 aromatic rings. The number of hydrogen-bond acceptors (Lipinski definition) is 2. The van der Waals surface area contributed by atoms with Crippen molar-refractivity contribution in [2.75, 3.05) is 6.61 Å². The van der Waals surface area contributed by atoms with Crippen LogP contribution in [-0.2, 0) is 9.53 Å². The standard InChI is InChI=1S/C11H22O2/c1-6-11(4,5)9(3)8-10(12)13-7-2/h9H,6-8H2,1-5H3. The Balaban J connectivity index is 3.99. The quantitative estimate of drug-likeness (QED) is 0.617. The minimum absolute atomic E-state index is 0.0727. The normalized spacial score (nSPS) is 13.9. The molecule has 0 aromatic carbocycles. The van der Waals surface area contributed by atoms with E-state index >= 15 is 0 Å². The van der Waals surface area contributed by atoms with E-state index < -0.39 is 0 Å². The highest BCUT2D eigenvalue weighted by Crippen LogP contribution is 2.32. The summed E-state index contributed by atoms with van der Waals surface area (Å²) in [7, 11) is 0. The minimum Gasteiger partial charge on any atom is -0.466 e. The molecule has 0 heterocycles. The van der Waals surface area contributed by atoms with Gasteiger partial charge in [0.25, 0.3) is 0 Å². The van der Waals surface area contributed by atoms with Gasteiger partial charge in [-0.15, -0.1) is 0 Å².